The van der Waals surface area contributed by atoms with Gasteiger partial charge in [-0.25, -0.2) is 4.79 Å². The van der Waals surface area contributed by atoms with E-state index in [-0.39, 0.29) is 31.8 Å². The number of aliphatic carboxylic acids is 1. The summed E-state index contributed by atoms with van der Waals surface area (Å²) in [6.45, 7) is 9.28. The van der Waals surface area contributed by atoms with Gasteiger partial charge in [-0.05, 0) is 70.7 Å². The number of carbonyl (C=O) groups excluding carboxylic acids is 1. The van der Waals surface area contributed by atoms with E-state index in [1.54, 1.807) is 58.9 Å². The number of alkyl halides is 3. The number of aryl methyl sites for hydroxylation is 2. The number of pyridine rings is 1. The van der Waals surface area contributed by atoms with Crippen LogP contribution in [-0.4, -0.2) is 46.8 Å². The number of hydrogen-bond acceptors (Lipinski definition) is 5. The van der Waals surface area contributed by atoms with Gasteiger partial charge in [0.15, 0.2) is 6.10 Å². The van der Waals surface area contributed by atoms with E-state index in [0.717, 1.165) is 5.56 Å². The summed E-state index contributed by atoms with van der Waals surface area (Å²) in [6, 6.07) is 16.4. The normalized spacial score (nSPS) is 15.3. The van der Waals surface area contributed by atoms with Gasteiger partial charge in [-0.2, -0.15) is 13.2 Å². The van der Waals surface area contributed by atoms with E-state index in [1.807, 2.05) is 35.2 Å². The van der Waals surface area contributed by atoms with Crippen LogP contribution in [0.15, 0.2) is 54.6 Å². The van der Waals surface area contributed by atoms with Crippen LogP contribution in [0.2, 0.25) is 0 Å². The summed E-state index contributed by atoms with van der Waals surface area (Å²) in [5.74, 6) is -2.89. The third-order valence-electron chi connectivity index (χ3n) is 7.54. The molecule has 2 aromatic carbocycles. The first-order valence-electron chi connectivity index (χ1n) is 14.3. The topological polar surface area (TPSA) is 91.8 Å². The SMILES string of the molecule is Cc1nc(C)c(C(OC(C)(C)C)C(=O)O)c(N2CCC(C(F)(F)F)CC2)c1-c1ccc(C(=O)NCc2ccccc2)cc1. The number of carbonyl (C=O) groups is 2. The first-order valence-corrected chi connectivity index (χ1v) is 14.3. The van der Waals surface area contributed by atoms with Crippen LogP contribution in [0.5, 0.6) is 0 Å². The summed E-state index contributed by atoms with van der Waals surface area (Å²) in [6.07, 6.45) is -5.91. The van der Waals surface area contributed by atoms with Crippen molar-refractivity contribution in [1.29, 1.82) is 0 Å². The van der Waals surface area contributed by atoms with Crippen molar-refractivity contribution in [3.8, 4) is 11.1 Å². The first kappa shape index (κ1) is 32.0. The number of carboxylic acids is 1. The molecular formula is C33H38F3N3O4. The molecule has 43 heavy (non-hydrogen) atoms. The number of rotatable bonds is 8. The zero-order valence-electron chi connectivity index (χ0n) is 25.1. The van der Waals surface area contributed by atoms with Crippen LogP contribution in [0.1, 0.15) is 72.6 Å². The van der Waals surface area contributed by atoms with Crippen molar-refractivity contribution >= 4 is 17.6 Å². The highest BCUT2D eigenvalue weighted by atomic mass is 19.4. The van der Waals surface area contributed by atoms with Gasteiger partial charge in [0.2, 0.25) is 0 Å². The maximum atomic E-state index is 13.5. The molecule has 0 saturated carbocycles. The van der Waals surface area contributed by atoms with E-state index >= 15 is 0 Å². The fourth-order valence-electron chi connectivity index (χ4n) is 5.52. The van der Waals surface area contributed by atoms with Crippen LogP contribution in [0.25, 0.3) is 11.1 Å². The zero-order valence-corrected chi connectivity index (χ0v) is 25.1. The van der Waals surface area contributed by atoms with Crippen molar-refractivity contribution < 1.29 is 32.6 Å². The van der Waals surface area contributed by atoms with Crippen molar-refractivity contribution in [2.45, 2.75) is 71.9 Å². The number of halogens is 3. The van der Waals surface area contributed by atoms with Crippen molar-refractivity contribution in [3.63, 3.8) is 0 Å². The Labute approximate surface area is 250 Å². The molecule has 1 unspecified atom stereocenters. The van der Waals surface area contributed by atoms with Crippen molar-refractivity contribution in [2.24, 2.45) is 5.92 Å². The largest absolute Gasteiger partial charge is 0.479 e. The van der Waals surface area contributed by atoms with Gasteiger partial charge in [-0.1, -0.05) is 42.5 Å². The second-order valence-electron chi connectivity index (χ2n) is 11.9. The second-order valence-corrected chi connectivity index (χ2v) is 11.9. The standard InChI is InChI=1S/C33H38F3N3O4/c1-20-26(23-11-13-24(14-12-23)30(40)37-19-22-9-7-6-8-10-22)28(39-17-15-25(16-18-39)33(34,35)36)27(21(2)38-20)29(31(41)42)43-32(3,4)5/h6-14,25,29H,15-19H2,1-5H3,(H,37,40)(H,41,42). The molecule has 1 saturated heterocycles. The fourth-order valence-corrected chi connectivity index (χ4v) is 5.52. The van der Waals surface area contributed by atoms with E-state index in [2.05, 4.69) is 10.3 Å². The highest BCUT2D eigenvalue weighted by molar-refractivity contribution is 5.95. The second kappa shape index (κ2) is 12.8. The van der Waals surface area contributed by atoms with Crippen molar-refractivity contribution in [2.75, 3.05) is 18.0 Å². The molecule has 0 aliphatic carbocycles. The zero-order chi connectivity index (χ0) is 31.5. The number of amides is 1. The molecule has 1 amide bonds. The Morgan fingerprint density at radius 2 is 1.60 bits per heavy atom. The Hall–Kier alpha value is -3.92. The molecule has 0 radical (unpaired) electrons. The van der Waals surface area contributed by atoms with Crippen molar-refractivity contribution in [3.05, 3.63) is 82.7 Å². The fraction of sp³-hybridized carbons (Fsp3) is 0.424. The molecular weight excluding hydrogens is 559 g/mol. The summed E-state index contributed by atoms with van der Waals surface area (Å²) in [5.41, 5.74) is 3.69. The molecule has 3 aromatic rings. The number of anilines is 1. The van der Waals surface area contributed by atoms with E-state index in [9.17, 15) is 27.9 Å². The van der Waals surface area contributed by atoms with Crippen LogP contribution in [0, 0.1) is 19.8 Å². The van der Waals surface area contributed by atoms with Crippen LogP contribution >= 0.6 is 0 Å². The number of piperidine rings is 1. The van der Waals surface area contributed by atoms with Gasteiger partial charge < -0.3 is 20.1 Å². The Kier molecular flexibility index (Phi) is 9.49. The summed E-state index contributed by atoms with van der Waals surface area (Å²) in [5, 5.41) is 13.2. The highest BCUT2D eigenvalue weighted by Crippen LogP contribution is 2.45. The Balaban J connectivity index is 1.77. The van der Waals surface area contributed by atoms with Gasteiger partial charge in [0.1, 0.15) is 0 Å². The summed E-state index contributed by atoms with van der Waals surface area (Å²) < 4.78 is 46.6. The number of nitrogens with zero attached hydrogens (tertiary/aromatic N) is 2. The number of nitrogens with one attached hydrogen (secondary N) is 1. The summed E-state index contributed by atoms with van der Waals surface area (Å²) in [7, 11) is 0. The van der Waals surface area contributed by atoms with Gasteiger partial charge in [-0.3, -0.25) is 9.78 Å². The van der Waals surface area contributed by atoms with Crippen LogP contribution in [0.4, 0.5) is 18.9 Å². The molecule has 1 atom stereocenters. The minimum Gasteiger partial charge on any atom is -0.479 e. The third-order valence-corrected chi connectivity index (χ3v) is 7.54. The molecule has 1 fully saturated rings. The lowest BCUT2D eigenvalue weighted by atomic mass is 9.90. The molecule has 1 aromatic heterocycles. The number of carboxylic acid groups (broad SMARTS) is 1. The first-order chi connectivity index (χ1) is 20.2. The number of hydrogen-bond donors (Lipinski definition) is 2. The average molecular weight is 598 g/mol. The molecule has 2 N–H and O–H groups in total. The lowest BCUT2D eigenvalue weighted by molar-refractivity contribution is -0.179. The summed E-state index contributed by atoms with van der Waals surface area (Å²) >= 11 is 0. The number of benzene rings is 2. The van der Waals surface area contributed by atoms with Gasteiger partial charge >= 0.3 is 12.1 Å². The molecule has 0 spiro atoms. The molecule has 230 valence electrons. The van der Waals surface area contributed by atoms with Crippen molar-refractivity contribution in [1.82, 2.24) is 10.3 Å². The molecule has 10 heteroatoms. The summed E-state index contributed by atoms with van der Waals surface area (Å²) in [4.78, 5) is 32.0. The maximum absolute atomic E-state index is 13.5. The van der Waals surface area contributed by atoms with Crippen LogP contribution in [-0.2, 0) is 16.1 Å². The van der Waals surface area contributed by atoms with E-state index in [4.69, 9.17) is 4.74 Å². The predicted octanol–water partition coefficient (Wildman–Crippen LogP) is 7.01. The Morgan fingerprint density at radius 1 is 1.00 bits per heavy atom. The van der Waals surface area contributed by atoms with Gasteiger partial charge in [-0.15, -0.1) is 0 Å². The Morgan fingerprint density at radius 3 is 2.14 bits per heavy atom. The van der Waals surface area contributed by atoms with E-state index < -0.39 is 29.8 Å². The predicted molar refractivity (Wildman–Crippen MR) is 159 cm³/mol. The quantitative estimate of drug-likeness (QED) is 0.290. The lowest BCUT2D eigenvalue weighted by Crippen LogP contribution is -2.40. The molecule has 0 bridgehead atoms. The minimum absolute atomic E-state index is 0.0922. The average Bonchev–Trinajstić information content (AvgIpc) is 2.94. The van der Waals surface area contributed by atoms with E-state index in [1.165, 1.54) is 0 Å². The maximum Gasteiger partial charge on any atom is 0.391 e. The minimum atomic E-state index is -4.29. The Bertz CT molecular complexity index is 1440. The van der Waals surface area contributed by atoms with E-state index in [0.29, 0.717) is 45.9 Å². The molecule has 4 rings (SSSR count). The smallest absolute Gasteiger partial charge is 0.391 e. The van der Waals surface area contributed by atoms with Gasteiger partial charge in [0.25, 0.3) is 5.91 Å². The highest BCUT2D eigenvalue weighted by Gasteiger charge is 2.42. The molecule has 2 heterocycles. The number of aromatic nitrogens is 1. The third kappa shape index (κ3) is 7.73. The lowest BCUT2D eigenvalue weighted by Gasteiger charge is -2.38. The monoisotopic (exact) mass is 597 g/mol. The van der Waals surface area contributed by atoms with Gasteiger partial charge in [0.05, 0.1) is 17.2 Å². The number of ether oxygens (including phenoxy) is 1. The molecule has 1 aliphatic heterocycles. The van der Waals surface area contributed by atoms with Crippen LogP contribution in [0.3, 0.4) is 0 Å². The van der Waals surface area contributed by atoms with Gasteiger partial charge in [0, 0.05) is 47.7 Å². The molecule has 1 aliphatic rings. The molecule has 7 nitrogen and oxygen atoms in total. The van der Waals surface area contributed by atoms with Crippen LogP contribution < -0.4 is 10.2 Å².